The van der Waals surface area contributed by atoms with Crippen molar-refractivity contribution in [3.8, 4) is 17.5 Å². The van der Waals surface area contributed by atoms with Crippen LogP contribution in [0.4, 0.5) is 4.79 Å². The SMILES string of the molecule is CCOC(=O)N1[C@@H]2CC[C@H]1CC(Oc1ncnc(Oc3cccnc3C)c1C)C2. The monoisotopic (exact) mass is 398 g/mol. The van der Waals surface area contributed by atoms with E-state index in [-0.39, 0.29) is 24.3 Å². The van der Waals surface area contributed by atoms with Crippen LogP contribution in [0.5, 0.6) is 17.5 Å². The maximum absolute atomic E-state index is 12.2. The van der Waals surface area contributed by atoms with Gasteiger partial charge < -0.3 is 19.1 Å². The summed E-state index contributed by atoms with van der Waals surface area (Å²) in [5.74, 6) is 1.63. The standard InChI is InChI=1S/C21H26N4O4/c1-4-27-21(26)25-15-7-8-16(25)11-17(10-15)28-19-13(2)20(24-12-23-19)29-18-6-5-9-22-14(18)3/h5-6,9,12,15-17H,4,7-8,10-11H2,1-3H3/t15-,16+,17?. The van der Waals surface area contributed by atoms with Crippen molar-refractivity contribution in [3.63, 3.8) is 0 Å². The molecule has 2 bridgehead atoms. The van der Waals surface area contributed by atoms with Crippen molar-refractivity contribution in [3.05, 3.63) is 35.9 Å². The molecule has 2 fully saturated rings. The second-order valence-electron chi connectivity index (χ2n) is 7.50. The topological polar surface area (TPSA) is 86.7 Å². The van der Waals surface area contributed by atoms with Gasteiger partial charge in [0.25, 0.3) is 0 Å². The Morgan fingerprint density at radius 1 is 1.14 bits per heavy atom. The lowest BCUT2D eigenvalue weighted by Crippen LogP contribution is -2.49. The maximum atomic E-state index is 12.2. The van der Waals surface area contributed by atoms with Crippen molar-refractivity contribution in [1.82, 2.24) is 19.9 Å². The highest BCUT2D eigenvalue weighted by Gasteiger charge is 2.45. The summed E-state index contributed by atoms with van der Waals surface area (Å²) in [4.78, 5) is 27.0. The van der Waals surface area contributed by atoms with Gasteiger partial charge in [-0.05, 0) is 45.7 Å². The minimum Gasteiger partial charge on any atom is -0.474 e. The smallest absolute Gasteiger partial charge is 0.410 e. The number of hydrogen-bond acceptors (Lipinski definition) is 7. The number of aromatic nitrogens is 3. The van der Waals surface area contributed by atoms with E-state index < -0.39 is 0 Å². The predicted octanol–water partition coefficient (Wildman–Crippen LogP) is 3.81. The zero-order chi connectivity index (χ0) is 20.4. The molecule has 8 nitrogen and oxygen atoms in total. The number of nitrogens with zero attached hydrogens (tertiary/aromatic N) is 4. The number of piperidine rings is 1. The lowest BCUT2D eigenvalue weighted by atomic mass is 10.0. The molecule has 4 rings (SSSR count). The van der Waals surface area contributed by atoms with E-state index in [0.29, 0.717) is 24.1 Å². The number of carbonyl (C=O) groups excluding carboxylic acids is 1. The molecule has 0 N–H and O–H groups in total. The maximum Gasteiger partial charge on any atom is 0.410 e. The fourth-order valence-electron chi connectivity index (χ4n) is 4.20. The Balaban J connectivity index is 1.46. The lowest BCUT2D eigenvalue weighted by Gasteiger charge is -2.37. The molecule has 2 aliphatic heterocycles. The molecule has 29 heavy (non-hydrogen) atoms. The van der Waals surface area contributed by atoms with E-state index in [1.54, 1.807) is 6.20 Å². The zero-order valence-electron chi connectivity index (χ0n) is 17.0. The normalized spacial score (nSPS) is 23.0. The molecule has 1 unspecified atom stereocenters. The minimum absolute atomic E-state index is 0.000227. The fraction of sp³-hybridized carbons (Fsp3) is 0.524. The van der Waals surface area contributed by atoms with Crippen molar-refractivity contribution in [2.45, 2.75) is 64.6 Å². The zero-order valence-corrected chi connectivity index (χ0v) is 17.0. The van der Waals surface area contributed by atoms with E-state index in [1.807, 2.05) is 37.8 Å². The van der Waals surface area contributed by atoms with Crippen LogP contribution in [-0.2, 0) is 4.74 Å². The number of hydrogen-bond donors (Lipinski definition) is 0. The first-order valence-electron chi connectivity index (χ1n) is 10.1. The van der Waals surface area contributed by atoms with Crippen LogP contribution >= 0.6 is 0 Å². The van der Waals surface area contributed by atoms with Gasteiger partial charge in [0.15, 0.2) is 5.75 Å². The molecule has 3 atom stereocenters. The molecule has 1 amide bonds. The van der Waals surface area contributed by atoms with E-state index in [9.17, 15) is 4.79 Å². The summed E-state index contributed by atoms with van der Waals surface area (Å²) in [5, 5.41) is 0. The quantitative estimate of drug-likeness (QED) is 0.757. The number of ether oxygens (including phenoxy) is 3. The van der Waals surface area contributed by atoms with Gasteiger partial charge in [0.1, 0.15) is 12.4 Å². The van der Waals surface area contributed by atoms with Crippen LogP contribution in [0.1, 0.15) is 43.9 Å². The summed E-state index contributed by atoms with van der Waals surface area (Å²) >= 11 is 0. The Labute approximate surface area is 170 Å². The summed E-state index contributed by atoms with van der Waals surface area (Å²) in [6.45, 7) is 6.00. The second kappa shape index (κ2) is 8.23. The van der Waals surface area contributed by atoms with Gasteiger partial charge >= 0.3 is 6.09 Å². The highest BCUT2D eigenvalue weighted by atomic mass is 16.6. The van der Waals surface area contributed by atoms with Crippen molar-refractivity contribution in [2.24, 2.45) is 0 Å². The third kappa shape index (κ3) is 3.97. The summed E-state index contributed by atoms with van der Waals surface area (Å²) in [6, 6.07) is 4.00. The van der Waals surface area contributed by atoms with Gasteiger partial charge in [0, 0.05) is 31.1 Å². The molecule has 2 aromatic heterocycles. The average Bonchev–Trinajstić information content (AvgIpc) is 2.98. The van der Waals surface area contributed by atoms with Gasteiger partial charge in [-0.2, -0.15) is 0 Å². The Hall–Kier alpha value is -2.90. The molecule has 2 aromatic rings. The number of pyridine rings is 1. The number of rotatable bonds is 5. The molecular weight excluding hydrogens is 372 g/mol. The van der Waals surface area contributed by atoms with E-state index in [0.717, 1.165) is 36.9 Å². The summed E-state index contributed by atoms with van der Waals surface area (Å²) < 4.78 is 17.4. The Morgan fingerprint density at radius 3 is 2.55 bits per heavy atom. The molecular formula is C21H26N4O4. The van der Waals surface area contributed by atoms with Gasteiger partial charge in [0.05, 0.1) is 17.9 Å². The van der Waals surface area contributed by atoms with Gasteiger partial charge in [-0.3, -0.25) is 4.98 Å². The average molecular weight is 398 g/mol. The Kier molecular flexibility index (Phi) is 5.51. The van der Waals surface area contributed by atoms with Crippen LogP contribution in [0.3, 0.4) is 0 Å². The third-order valence-corrected chi connectivity index (χ3v) is 5.60. The Morgan fingerprint density at radius 2 is 1.86 bits per heavy atom. The summed E-state index contributed by atoms with van der Waals surface area (Å²) in [5.41, 5.74) is 1.53. The van der Waals surface area contributed by atoms with Gasteiger partial charge in [0.2, 0.25) is 11.8 Å². The number of aryl methyl sites for hydroxylation is 1. The largest absolute Gasteiger partial charge is 0.474 e. The van der Waals surface area contributed by atoms with Gasteiger partial charge in [-0.15, -0.1) is 0 Å². The van der Waals surface area contributed by atoms with E-state index in [4.69, 9.17) is 14.2 Å². The first-order valence-corrected chi connectivity index (χ1v) is 10.1. The van der Waals surface area contributed by atoms with Crippen LogP contribution in [0.25, 0.3) is 0 Å². The van der Waals surface area contributed by atoms with Crippen molar-refractivity contribution < 1.29 is 19.0 Å². The van der Waals surface area contributed by atoms with Gasteiger partial charge in [-0.1, -0.05) is 0 Å². The molecule has 154 valence electrons. The summed E-state index contributed by atoms with van der Waals surface area (Å²) in [7, 11) is 0. The van der Waals surface area contributed by atoms with Crippen LogP contribution in [0.2, 0.25) is 0 Å². The predicted molar refractivity (Wildman–Crippen MR) is 105 cm³/mol. The minimum atomic E-state index is -0.209. The third-order valence-electron chi connectivity index (χ3n) is 5.60. The molecule has 0 saturated carbocycles. The van der Waals surface area contributed by atoms with Crippen molar-refractivity contribution >= 4 is 6.09 Å². The molecule has 8 heteroatoms. The molecule has 0 aromatic carbocycles. The number of fused-ring (bicyclic) bond motifs is 2. The number of carbonyl (C=O) groups is 1. The molecule has 0 aliphatic carbocycles. The van der Waals surface area contributed by atoms with Gasteiger partial charge in [-0.25, -0.2) is 14.8 Å². The molecule has 2 saturated heterocycles. The van der Waals surface area contributed by atoms with Crippen LogP contribution < -0.4 is 9.47 Å². The van der Waals surface area contributed by atoms with Crippen molar-refractivity contribution in [2.75, 3.05) is 6.61 Å². The van der Waals surface area contributed by atoms with E-state index in [2.05, 4.69) is 15.0 Å². The highest BCUT2D eigenvalue weighted by Crippen LogP contribution is 2.38. The second-order valence-corrected chi connectivity index (χ2v) is 7.50. The molecule has 0 spiro atoms. The lowest BCUT2D eigenvalue weighted by molar-refractivity contribution is 0.0334. The first kappa shape index (κ1) is 19.4. The van der Waals surface area contributed by atoms with E-state index >= 15 is 0 Å². The fourth-order valence-corrected chi connectivity index (χ4v) is 4.20. The highest BCUT2D eigenvalue weighted by molar-refractivity contribution is 5.69. The number of amides is 1. The Bertz CT molecular complexity index is 877. The summed E-state index contributed by atoms with van der Waals surface area (Å²) in [6.07, 6.45) is 6.49. The molecule has 0 radical (unpaired) electrons. The molecule has 2 aliphatic rings. The first-order chi connectivity index (χ1) is 14.1. The van der Waals surface area contributed by atoms with Crippen LogP contribution in [0.15, 0.2) is 24.7 Å². The van der Waals surface area contributed by atoms with E-state index in [1.165, 1.54) is 6.33 Å². The molecule has 4 heterocycles. The van der Waals surface area contributed by atoms with Crippen LogP contribution in [-0.4, -0.2) is 50.7 Å². The van der Waals surface area contributed by atoms with Crippen molar-refractivity contribution in [1.29, 1.82) is 0 Å². The van der Waals surface area contributed by atoms with Crippen LogP contribution in [0, 0.1) is 13.8 Å².